The number of hydrazine groups is 1. The Bertz CT molecular complexity index is 564. The van der Waals surface area contributed by atoms with Gasteiger partial charge in [-0.05, 0) is 6.07 Å². The molecule has 0 saturated heterocycles. The first-order valence-corrected chi connectivity index (χ1v) is 6.88. The van der Waals surface area contributed by atoms with Crippen molar-refractivity contribution in [3.63, 3.8) is 0 Å². The molecule has 1 heterocycles. The van der Waals surface area contributed by atoms with Crippen LogP contribution < -0.4 is 27.0 Å². The van der Waals surface area contributed by atoms with E-state index in [2.05, 4.69) is 20.4 Å². The Hall–Kier alpha value is -1.62. The molecule has 0 aliphatic heterocycles. The number of urea groups is 1. The normalized spacial score (nSPS) is 11.1. The number of nitrogens with one attached hydrogen (secondary N) is 3. The number of carbonyl (C=O) groups excluding carboxylic acids is 1. The Morgan fingerprint density at radius 1 is 1.42 bits per heavy atom. The minimum absolute atomic E-state index is 0.0141. The minimum Gasteiger partial charge on any atom is -0.352 e. The van der Waals surface area contributed by atoms with Crippen molar-refractivity contribution in [1.82, 2.24) is 15.0 Å². The van der Waals surface area contributed by atoms with Gasteiger partial charge in [-0.2, -0.15) is 0 Å². The number of carbonyl (C=O) groups is 1. The van der Waals surface area contributed by atoms with Gasteiger partial charge in [0.1, 0.15) is 4.90 Å². The molecule has 1 aromatic heterocycles. The fourth-order valence-corrected chi connectivity index (χ4v) is 2.42. The van der Waals surface area contributed by atoms with Crippen molar-refractivity contribution >= 4 is 33.5 Å². The Kier molecular flexibility index (Phi) is 5.30. The lowest BCUT2D eigenvalue weighted by atomic mass is 10.5. The number of amides is 2. The fourth-order valence-electron chi connectivity index (χ4n) is 1.13. The predicted molar refractivity (Wildman–Crippen MR) is 69.8 cm³/mol. The number of nitrogens with two attached hydrogens (primary N) is 2. The van der Waals surface area contributed by atoms with Crippen molar-refractivity contribution < 1.29 is 13.2 Å². The van der Waals surface area contributed by atoms with Crippen LogP contribution in [0.2, 0.25) is 5.02 Å². The number of aromatic nitrogens is 1. The lowest BCUT2D eigenvalue weighted by Gasteiger charge is -2.08. The summed E-state index contributed by atoms with van der Waals surface area (Å²) >= 11 is 5.77. The van der Waals surface area contributed by atoms with Gasteiger partial charge in [0, 0.05) is 19.3 Å². The van der Waals surface area contributed by atoms with E-state index in [1.807, 2.05) is 0 Å². The van der Waals surface area contributed by atoms with E-state index in [0.717, 1.165) is 6.20 Å². The summed E-state index contributed by atoms with van der Waals surface area (Å²) in [4.78, 5) is 14.0. The molecule has 11 heteroatoms. The third-order valence-electron chi connectivity index (χ3n) is 1.98. The average molecular weight is 309 g/mol. The summed E-state index contributed by atoms with van der Waals surface area (Å²) in [6.45, 7) is 0.0535. The zero-order valence-corrected chi connectivity index (χ0v) is 11.3. The first-order valence-electron chi connectivity index (χ1n) is 5.02. The van der Waals surface area contributed by atoms with Crippen LogP contribution in [-0.2, 0) is 10.0 Å². The van der Waals surface area contributed by atoms with Gasteiger partial charge in [-0.1, -0.05) is 11.6 Å². The molecular formula is C8H13ClN6O3S. The van der Waals surface area contributed by atoms with Crippen LogP contribution in [-0.4, -0.2) is 32.5 Å². The van der Waals surface area contributed by atoms with Crippen LogP contribution in [0, 0.1) is 0 Å². The molecule has 2 amide bonds. The van der Waals surface area contributed by atoms with Crippen LogP contribution in [0.1, 0.15) is 0 Å². The maximum Gasteiger partial charge on any atom is 0.312 e. The third kappa shape index (κ3) is 4.52. The van der Waals surface area contributed by atoms with Gasteiger partial charge >= 0.3 is 6.03 Å². The predicted octanol–water partition coefficient (Wildman–Crippen LogP) is -1.03. The quantitative estimate of drug-likeness (QED) is 0.257. The number of sulfonamides is 1. The number of nitrogens with zero attached hydrogens (tertiary/aromatic N) is 1. The highest BCUT2D eigenvalue weighted by molar-refractivity contribution is 7.89. The van der Waals surface area contributed by atoms with Crippen molar-refractivity contribution in [3.8, 4) is 0 Å². The minimum atomic E-state index is -3.76. The molecule has 9 nitrogen and oxygen atoms in total. The smallest absolute Gasteiger partial charge is 0.312 e. The van der Waals surface area contributed by atoms with Crippen LogP contribution >= 0.6 is 11.6 Å². The number of hydrogen-bond donors (Lipinski definition) is 5. The standard InChI is InChI=1S/C8H13ClN6O3S/c9-6-3-5(4-13-7(6)15-11)19(17,18)14-2-1-12-8(10)16/h3-4,14H,1-2,11H2,(H,13,15)(H3,10,12,16). The molecule has 0 aliphatic carbocycles. The largest absolute Gasteiger partial charge is 0.352 e. The first kappa shape index (κ1) is 15.4. The zero-order valence-electron chi connectivity index (χ0n) is 9.68. The number of hydrogen-bond acceptors (Lipinski definition) is 6. The average Bonchev–Trinajstić information content (AvgIpc) is 2.34. The van der Waals surface area contributed by atoms with Gasteiger partial charge in [0.2, 0.25) is 10.0 Å². The maximum atomic E-state index is 11.8. The second-order valence-electron chi connectivity index (χ2n) is 3.33. The van der Waals surface area contributed by atoms with Crippen LogP contribution in [0.3, 0.4) is 0 Å². The van der Waals surface area contributed by atoms with Crippen LogP contribution in [0.4, 0.5) is 10.6 Å². The van der Waals surface area contributed by atoms with Gasteiger partial charge in [0.25, 0.3) is 0 Å². The van der Waals surface area contributed by atoms with E-state index in [9.17, 15) is 13.2 Å². The van der Waals surface area contributed by atoms with Gasteiger partial charge < -0.3 is 16.5 Å². The van der Waals surface area contributed by atoms with Crippen LogP contribution in [0.15, 0.2) is 17.2 Å². The van der Waals surface area contributed by atoms with Gasteiger partial charge in [-0.3, -0.25) is 0 Å². The zero-order chi connectivity index (χ0) is 14.5. The van der Waals surface area contributed by atoms with Crippen LogP contribution in [0.25, 0.3) is 0 Å². The number of rotatable bonds is 6. The Morgan fingerprint density at radius 2 is 2.11 bits per heavy atom. The lowest BCUT2D eigenvalue weighted by Crippen LogP contribution is -2.37. The molecular weight excluding hydrogens is 296 g/mol. The molecule has 0 unspecified atom stereocenters. The van der Waals surface area contributed by atoms with Gasteiger partial charge in [0.15, 0.2) is 5.82 Å². The second kappa shape index (κ2) is 6.52. The van der Waals surface area contributed by atoms with Gasteiger partial charge in [-0.15, -0.1) is 0 Å². The van der Waals surface area contributed by atoms with Gasteiger partial charge in [0.05, 0.1) is 5.02 Å². The van der Waals surface area contributed by atoms with Crippen molar-refractivity contribution in [2.75, 3.05) is 18.5 Å². The van der Waals surface area contributed by atoms with E-state index < -0.39 is 16.1 Å². The maximum absolute atomic E-state index is 11.8. The first-order chi connectivity index (χ1) is 8.86. The molecule has 0 fully saturated rings. The third-order valence-corrected chi connectivity index (χ3v) is 3.70. The monoisotopic (exact) mass is 308 g/mol. The highest BCUT2D eigenvalue weighted by atomic mass is 35.5. The molecule has 0 bridgehead atoms. The molecule has 0 aromatic carbocycles. The van der Waals surface area contributed by atoms with Gasteiger partial charge in [-0.25, -0.2) is 28.8 Å². The molecule has 19 heavy (non-hydrogen) atoms. The second-order valence-corrected chi connectivity index (χ2v) is 5.51. The van der Waals surface area contributed by atoms with E-state index in [1.54, 1.807) is 0 Å². The highest BCUT2D eigenvalue weighted by Gasteiger charge is 2.15. The highest BCUT2D eigenvalue weighted by Crippen LogP contribution is 2.21. The summed E-state index contributed by atoms with van der Waals surface area (Å²) in [5.74, 6) is 5.29. The number of halogens is 1. The topological polar surface area (TPSA) is 152 Å². The molecule has 7 N–H and O–H groups in total. The van der Waals surface area contributed by atoms with E-state index in [4.69, 9.17) is 23.2 Å². The van der Waals surface area contributed by atoms with E-state index >= 15 is 0 Å². The fraction of sp³-hybridized carbons (Fsp3) is 0.250. The SMILES string of the molecule is NNc1ncc(S(=O)(=O)NCCNC(N)=O)cc1Cl. The summed E-state index contributed by atoms with van der Waals surface area (Å²) in [6, 6.07) is 0.468. The molecule has 0 saturated carbocycles. The lowest BCUT2D eigenvalue weighted by molar-refractivity contribution is 0.249. The summed E-state index contributed by atoms with van der Waals surface area (Å²) in [6.07, 6.45) is 1.10. The number of anilines is 1. The molecule has 0 atom stereocenters. The van der Waals surface area contributed by atoms with Crippen LogP contribution in [0.5, 0.6) is 0 Å². The summed E-state index contributed by atoms with van der Waals surface area (Å²) in [7, 11) is -3.76. The number of pyridine rings is 1. The molecule has 0 radical (unpaired) electrons. The summed E-state index contributed by atoms with van der Waals surface area (Å²) < 4.78 is 25.9. The Morgan fingerprint density at radius 3 is 2.63 bits per heavy atom. The number of primary amides is 1. The van der Waals surface area contributed by atoms with E-state index in [-0.39, 0.29) is 28.8 Å². The summed E-state index contributed by atoms with van der Waals surface area (Å²) in [5, 5.41) is 2.31. The Labute approximate surface area is 114 Å². The van der Waals surface area contributed by atoms with Crippen molar-refractivity contribution in [2.24, 2.45) is 11.6 Å². The van der Waals surface area contributed by atoms with E-state index in [1.165, 1.54) is 6.07 Å². The number of nitrogen functional groups attached to an aromatic ring is 1. The summed E-state index contributed by atoms with van der Waals surface area (Å²) in [5.41, 5.74) is 7.05. The Balaban J connectivity index is 2.72. The van der Waals surface area contributed by atoms with Crippen molar-refractivity contribution in [1.29, 1.82) is 0 Å². The molecule has 0 spiro atoms. The molecule has 1 rings (SSSR count). The van der Waals surface area contributed by atoms with E-state index in [0.29, 0.717) is 0 Å². The molecule has 0 aliphatic rings. The molecule has 106 valence electrons. The van der Waals surface area contributed by atoms with Crippen molar-refractivity contribution in [2.45, 2.75) is 4.90 Å². The van der Waals surface area contributed by atoms with Crippen molar-refractivity contribution in [3.05, 3.63) is 17.3 Å². The molecule has 1 aromatic rings.